The lowest BCUT2D eigenvalue weighted by Gasteiger charge is -2.24. The predicted octanol–water partition coefficient (Wildman–Crippen LogP) is 4.45. The van der Waals surface area contributed by atoms with Gasteiger partial charge in [-0.2, -0.15) is 23.7 Å². The molecule has 1 aromatic heterocycles. The molecule has 0 spiro atoms. The second-order valence-electron chi connectivity index (χ2n) is 6.40. The molecule has 120 valence electrons. The first-order chi connectivity index (χ1) is 9.95. The summed E-state index contributed by atoms with van der Waals surface area (Å²) in [6.07, 6.45) is -6.20. The van der Waals surface area contributed by atoms with Gasteiger partial charge in [0.1, 0.15) is 5.76 Å². The van der Waals surface area contributed by atoms with E-state index < -0.39 is 30.4 Å². The molecule has 7 heteroatoms. The molecule has 1 rings (SSSR count). The maximum atomic E-state index is 12.4. The number of aromatic nitrogens is 1. The Morgan fingerprint density at radius 3 is 2.09 bits per heavy atom. The highest BCUT2D eigenvalue weighted by Gasteiger charge is 2.43. The van der Waals surface area contributed by atoms with Gasteiger partial charge in [0, 0.05) is 23.8 Å². The van der Waals surface area contributed by atoms with E-state index in [4.69, 9.17) is 4.52 Å². The van der Waals surface area contributed by atoms with Crippen LogP contribution in [0.15, 0.2) is 10.6 Å². The van der Waals surface area contributed by atoms with Crippen LogP contribution in [0.3, 0.4) is 0 Å². The van der Waals surface area contributed by atoms with Gasteiger partial charge in [-0.1, -0.05) is 32.9 Å². The van der Waals surface area contributed by atoms with Crippen molar-refractivity contribution in [2.75, 3.05) is 0 Å². The molecule has 0 amide bonds. The van der Waals surface area contributed by atoms with Crippen LogP contribution in [0.4, 0.5) is 13.2 Å². The van der Waals surface area contributed by atoms with Crippen molar-refractivity contribution in [3.63, 3.8) is 0 Å². The highest BCUT2D eigenvalue weighted by atomic mass is 19.4. The number of rotatable bonds is 4. The zero-order valence-corrected chi connectivity index (χ0v) is 13.0. The topological polar surface area (TPSA) is 73.6 Å². The maximum absolute atomic E-state index is 12.4. The number of hydrogen-bond donors (Lipinski definition) is 0. The normalized spacial score (nSPS) is 14.2. The Balaban J connectivity index is 3.09. The third-order valence-corrected chi connectivity index (χ3v) is 3.65. The maximum Gasteiger partial charge on any atom is 0.389 e. The summed E-state index contributed by atoms with van der Waals surface area (Å²) in [5.74, 6) is -0.236. The molecule has 0 bridgehead atoms. The zero-order valence-electron chi connectivity index (χ0n) is 13.0. The van der Waals surface area contributed by atoms with Crippen molar-refractivity contribution in [1.29, 1.82) is 10.5 Å². The van der Waals surface area contributed by atoms with Crippen LogP contribution in [0.1, 0.15) is 57.9 Å². The summed E-state index contributed by atoms with van der Waals surface area (Å²) in [6, 6.07) is 5.08. The van der Waals surface area contributed by atoms with Gasteiger partial charge in [-0.15, -0.1) is 0 Å². The molecule has 0 fully saturated rings. The second kappa shape index (κ2) is 6.00. The summed E-state index contributed by atoms with van der Waals surface area (Å²) >= 11 is 0. The molecule has 1 heterocycles. The van der Waals surface area contributed by atoms with Gasteiger partial charge in [0.15, 0.2) is 5.41 Å². The van der Waals surface area contributed by atoms with Crippen molar-refractivity contribution < 1.29 is 17.7 Å². The van der Waals surface area contributed by atoms with Crippen molar-refractivity contribution in [2.45, 2.75) is 58.0 Å². The van der Waals surface area contributed by atoms with E-state index in [-0.39, 0.29) is 5.41 Å². The molecule has 0 aliphatic rings. The molecular weight excluding hydrogens is 295 g/mol. The molecule has 0 aliphatic heterocycles. The van der Waals surface area contributed by atoms with E-state index in [0.29, 0.717) is 11.5 Å². The zero-order chi connectivity index (χ0) is 17.2. The molecule has 0 saturated carbocycles. The fourth-order valence-electron chi connectivity index (χ4n) is 1.98. The average molecular weight is 313 g/mol. The summed E-state index contributed by atoms with van der Waals surface area (Å²) in [5, 5.41) is 22.4. The Bertz CT molecular complexity index is 585. The largest absolute Gasteiger partial charge is 0.389 e. The molecule has 1 unspecified atom stereocenters. The van der Waals surface area contributed by atoms with Gasteiger partial charge in [0.05, 0.1) is 17.8 Å². The quantitative estimate of drug-likeness (QED) is 0.823. The van der Waals surface area contributed by atoms with E-state index in [9.17, 15) is 23.7 Å². The molecule has 0 saturated heterocycles. The first kappa shape index (κ1) is 18.0. The van der Waals surface area contributed by atoms with Crippen molar-refractivity contribution in [1.82, 2.24) is 5.16 Å². The van der Waals surface area contributed by atoms with Crippen molar-refractivity contribution in [3.8, 4) is 12.1 Å². The van der Waals surface area contributed by atoms with Gasteiger partial charge in [0.2, 0.25) is 0 Å². The predicted molar refractivity (Wildman–Crippen MR) is 72.6 cm³/mol. The fraction of sp³-hybridized carbons (Fsp3) is 0.667. The van der Waals surface area contributed by atoms with Crippen molar-refractivity contribution in [2.24, 2.45) is 5.41 Å². The SMILES string of the molecule is CC(c1cc(C(C)(C)C)on1)C(C#N)(C#N)CCC(F)(F)F. The van der Waals surface area contributed by atoms with E-state index in [1.807, 2.05) is 20.8 Å². The molecule has 0 radical (unpaired) electrons. The highest BCUT2D eigenvalue weighted by Crippen LogP contribution is 2.41. The Labute approximate surface area is 127 Å². The van der Waals surface area contributed by atoms with Crippen molar-refractivity contribution in [3.05, 3.63) is 17.5 Å². The highest BCUT2D eigenvalue weighted by molar-refractivity contribution is 5.27. The lowest BCUT2D eigenvalue weighted by atomic mass is 9.73. The molecule has 0 aromatic carbocycles. The summed E-state index contributed by atoms with van der Waals surface area (Å²) in [7, 11) is 0. The molecule has 1 aromatic rings. The second-order valence-corrected chi connectivity index (χ2v) is 6.40. The number of halogens is 3. The lowest BCUT2D eigenvalue weighted by Crippen LogP contribution is -2.26. The standard InChI is InChI=1S/C15H18F3N3O/c1-10(11-7-12(22-21-11)13(2,3)4)14(8-19,9-20)5-6-15(16,17)18/h7,10H,5-6H2,1-4H3. The van der Waals surface area contributed by atoms with Crippen LogP contribution in [0.25, 0.3) is 0 Å². The van der Waals surface area contributed by atoms with Gasteiger partial charge in [-0.05, 0) is 6.42 Å². The van der Waals surface area contributed by atoms with E-state index in [0.717, 1.165) is 0 Å². The van der Waals surface area contributed by atoms with Crippen LogP contribution < -0.4 is 0 Å². The first-order valence-electron chi connectivity index (χ1n) is 6.81. The minimum atomic E-state index is -4.42. The molecule has 0 N–H and O–H groups in total. The third-order valence-electron chi connectivity index (χ3n) is 3.65. The number of nitriles is 2. The van der Waals surface area contributed by atoms with Crippen LogP contribution >= 0.6 is 0 Å². The fourth-order valence-corrected chi connectivity index (χ4v) is 1.98. The Morgan fingerprint density at radius 2 is 1.73 bits per heavy atom. The van der Waals surface area contributed by atoms with Gasteiger partial charge in [0.25, 0.3) is 0 Å². The van der Waals surface area contributed by atoms with Crippen LogP contribution in [0.2, 0.25) is 0 Å². The Kier molecular flexibility index (Phi) is 4.92. The van der Waals surface area contributed by atoms with Crippen molar-refractivity contribution >= 4 is 0 Å². The lowest BCUT2D eigenvalue weighted by molar-refractivity contribution is -0.138. The number of nitrogens with zero attached hydrogens (tertiary/aromatic N) is 3. The Morgan fingerprint density at radius 1 is 1.18 bits per heavy atom. The third kappa shape index (κ3) is 4.00. The van der Waals surface area contributed by atoms with Gasteiger partial charge >= 0.3 is 6.18 Å². The van der Waals surface area contributed by atoms with Crippen LogP contribution in [-0.4, -0.2) is 11.3 Å². The minimum Gasteiger partial charge on any atom is -0.361 e. The van der Waals surface area contributed by atoms with Gasteiger partial charge in [-0.25, -0.2) is 0 Å². The number of hydrogen-bond acceptors (Lipinski definition) is 4. The monoisotopic (exact) mass is 313 g/mol. The Hall–Kier alpha value is -2.02. The van der Waals surface area contributed by atoms with Crippen LogP contribution in [-0.2, 0) is 5.41 Å². The first-order valence-corrected chi connectivity index (χ1v) is 6.81. The molecule has 0 aliphatic carbocycles. The van der Waals surface area contributed by atoms with Gasteiger partial charge in [-0.3, -0.25) is 0 Å². The summed E-state index contributed by atoms with van der Waals surface area (Å²) in [5.41, 5.74) is -1.80. The summed E-state index contributed by atoms with van der Waals surface area (Å²) in [6.45, 7) is 7.21. The van der Waals surface area contributed by atoms with E-state index in [1.54, 1.807) is 18.2 Å². The van der Waals surface area contributed by atoms with E-state index in [1.165, 1.54) is 6.92 Å². The summed E-state index contributed by atoms with van der Waals surface area (Å²) < 4.78 is 42.5. The molecule has 4 nitrogen and oxygen atoms in total. The molecular formula is C15H18F3N3O. The van der Waals surface area contributed by atoms with E-state index in [2.05, 4.69) is 5.16 Å². The van der Waals surface area contributed by atoms with E-state index >= 15 is 0 Å². The molecule has 22 heavy (non-hydrogen) atoms. The van der Waals surface area contributed by atoms with Crippen LogP contribution in [0, 0.1) is 28.1 Å². The summed E-state index contributed by atoms with van der Waals surface area (Å²) in [4.78, 5) is 0. The number of alkyl halides is 3. The smallest absolute Gasteiger partial charge is 0.361 e. The minimum absolute atomic E-state index is 0.315. The average Bonchev–Trinajstić information content (AvgIpc) is 2.88. The van der Waals surface area contributed by atoms with Crippen LogP contribution in [0.5, 0.6) is 0 Å². The van der Waals surface area contributed by atoms with Gasteiger partial charge < -0.3 is 4.52 Å². The molecule has 1 atom stereocenters.